The molecule has 1 fully saturated rings. The molecule has 1 aliphatic heterocycles. The van der Waals surface area contributed by atoms with Crippen LogP contribution < -0.4 is 0 Å². The number of piperidine rings is 1. The van der Waals surface area contributed by atoms with Gasteiger partial charge in [0.15, 0.2) is 5.82 Å². The first-order chi connectivity index (χ1) is 11.8. The summed E-state index contributed by atoms with van der Waals surface area (Å²) in [5.74, 6) is 0.917. The Morgan fingerprint density at radius 2 is 1.92 bits per heavy atom. The highest BCUT2D eigenvalue weighted by Gasteiger charge is 2.16. The van der Waals surface area contributed by atoms with E-state index >= 15 is 0 Å². The van der Waals surface area contributed by atoms with Crippen molar-refractivity contribution in [1.82, 2.24) is 24.7 Å². The van der Waals surface area contributed by atoms with Gasteiger partial charge >= 0.3 is 0 Å². The van der Waals surface area contributed by atoms with Crippen molar-refractivity contribution >= 4 is 40.1 Å². The maximum Gasteiger partial charge on any atom is 0.235 e. The number of hydrogen-bond donors (Lipinski definition) is 0. The SMILES string of the molecule is Clc1ccccc1C=Cc1nn2c(CN3CCCCC3)nnc2s1. The van der Waals surface area contributed by atoms with Crippen LogP contribution in [-0.4, -0.2) is 37.8 Å². The lowest BCUT2D eigenvalue weighted by atomic mass is 10.1. The molecular formula is C17H18ClN5S. The zero-order chi connectivity index (χ0) is 16.4. The molecule has 24 heavy (non-hydrogen) atoms. The molecule has 0 spiro atoms. The highest BCUT2D eigenvalue weighted by molar-refractivity contribution is 7.17. The van der Waals surface area contributed by atoms with Crippen molar-refractivity contribution in [2.75, 3.05) is 13.1 Å². The zero-order valence-electron chi connectivity index (χ0n) is 13.2. The van der Waals surface area contributed by atoms with Crippen LogP contribution in [0.15, 0.2) is 24.3 Å². The van der Waals surface area contributed by atoms with Crippen LogP contribution >= 0.6 is 22.9 Å². The summed E-state index contributed by atoms with van der Waals surface area (Å²) in [7, 11) is 0. The van der Waals surface area contributed by atoms with Gasteiger partial charge in [-0.1, -0.05) is 53.6 Å². The third-order valence-corrected chi connectivity index (χ3v) is 5.40. The van der Waals surface area contributed by atoms with Crippen molar-refractivity contribution in [2.24, 2.45) is 0 Å². The van der Waals surface area contributed by atoms with Gasteiger partial charge in [0.1, 0.15) is 5.01 Å². The molecule has 0 bridgehead atoms. The Bertz CT molecular complexity index is 863. The average Bonchev–Trinajstić information content (AvgIpc) is 3.17. The lowest BCUT2D eigenvalue weighted by Gasteiger charge is -2.25. The highest BCUT2D eigenvalue weighted by atomic mass is 35.5. The van der Waals surface area contributed by atoms with Crippen LogP contribution in [-0.2, 0) is 6.54 Å². The molecule has 2 aromatic heterocycles. The summed E-state index contributed by atoms with van der Waals surface area (Å²) in [5, 5.41) is 14.8. The lowest BCUT2D eigenvalue weighted by molar-refractivity contribution is 0.214. The largest absolute Gasteiger partial charge is 0.296 e. The summed E-state index contributed by atoms with van der Waals surface area (Å²) < 4.78 is 1.87. The molecule has 0 aliphatic carbocycles. The van der Waals surface area contributed by atoms with Crippen molar-refractivity contribution in [3.05, 3.63) is 45.7 Å². The fourth-order valence-corrected chi connectivity index (χ4v) is 3.89. The lowest BCUT2D eigenvalue weighted by Crippen LogP contribution is -2.30. The summed E-state index contributed by atoms with van der Waals surface area (Å²) in [4.78, 5) is 3.26. The molecule has 7 heteroatoms. The molecular weight excluding hydrogens is 342 g/mol. The summed E-state index contributed by atoms with van der Waals surface area (Å²) in [6.45, 7) is 3.09. The maximum atomic E-state index is 6.18. The Labute approximate surface area is 149 Å². The van der Waals surface area contributed by atoms with Gasteiger partial charge in [0.2, 0.25) is 4.96 Å². The maximum absolute atomic E-state index is 6.18. The molecule has 124 valence electrons. The second kappa shape index (κ2) is 7.01. The molecule has 5 nitrogen and oxygen atoms in total. The molecule has 1 saturated heterocycles. The second-order valence-corrected chi connectivity index (χ2v) is 7.34. The molecule has 0 saturated carbocycles. The smallest absolute Gasteiger partial charge is 0.235 e. The van der Waals surface area contributed by atoms with Gasteiger partial charge in [-0.2, -0.15) is 9.61 Å². The van der Waals surface area contributed by atoms with Crippen molar-refractivity contribution in [3.8, 4) is 0 Å². The van der Waals surface area contributed by atoms with E-state index in [4.69, 9.17) is 11.6 Å². The number of likely N-dealkylation sites (tertiary alicyclic amines) is 1. The highest BCUT2D eigenvalue weighted by Crippen LogP contribution is 2.21. The summed E-state index contributed by atoms with van der Waals surface area (Å²) in [6.07, 6.45) is 7.83. The van der Waals surface area contributed by atoms with Crippen molar-refractivity contribution in [3.63, 3.8) is 0 Å². The molecule has 3 heterocycles. The number of hydrogen-bond acceptors (Lipinski definition) is 5. The minimum Gasteiger partial charge on any atom is -0.296 e. The first kappa shape index (κ1) is 15.7. The summed E-state index contributed by atoms with van der Waals surface area (Å²) >= 11 is 7.72. The van der Waals surface area contributed by atoms with Crippen LogP contribution in [0.3, 0.4) is 0 Å². The van der Waals surface area contributed by atoms with E-state index in [1.807, 2.05) is 40.9 Å². The average molecular weight is 360 g/mol. The predicted octanol–water partition coefficient (Wildman–Crippen LogP) is 4.00. The van der Waals surface area contributed by atoms with Crippen LogP contribution in [0.2, 0.25) is 5.02 Å². The number of benzene rings is 1. The topological polar surface area (TPSA) is 46.3 Å². The van der Waals surface area contributed by atoms with E-state index in [1.165, 1.54) is 30.6 Å². The van der Waals surface area contributed by atoms with Gasteiger partial charge in [-0.05, 0) is 43.6 Å². The zero-order valence-corrected chi connectivity index (χ0v) is 14.8. The third kappa shape index (κ3) is 3.36. The van der Waals surface area contributed by atoms with Gasteiger partial charge in [0, 0.05) is 5.02 Å². The number of fused-ring (bicyclic) bond motifs is 1. The van der Waals surface area contributed by atoms with Gasteiger partial charge in [-0.25, -0.2) is 0 Å². The van der Waals surface area contributed by atoms with E-state index in [-0.39, 0.29) is 0 Å². The fourth-order valence-electron chi connectivity index (χ4n) is 2.93. The molecule has 0 amide bonds. The van der Waals surface area contributed by atoms with Crippen LogP contribution in [0, 0.1) is 0 Å². The first-order valence-electron chi connectivity index (χ1n) is 8.16. The van der Waals surface area contributed by atoms with Gasteiger partial charge < -0.3 is 0 Å². The Balaban J connectivity index is 1.54. The van der Waals surface area contributed by atoms with E-state index in [0.717, 1.165) is 46.0 Å². The molecule has 0 unspecified atom stereocenters. The third-order valence-electron chi connectivity index (χ3n) is 4.20. The molecule has 1 aliphatic rings. The van der Waals surface area contributed by atoms with E-state index < -0.39 is 0 Å². The van der Waals surface area contributed by atoms with Gasteiger partial charge in [0.05, 0.1) is 6.54 Å². The molecule has 4 rings (SSSR count). The minimum absolute atomic E-state index is 0.738. The molecule has 0 N–H and O–H groups in total. The monoisotopic (exact) mass is 359 g/mol. The summed E-state index contributed by atoms with van der Waals surface area (Å²) in [5.41, 5.74) is 0.985. The predicted molar refractivity (Wildman–Crippen MR) is 98.2 cm³/mol. The standard InChI is InChI=1S/C17H18ClN5S/c18-14-7-3-2-6-13(14)8-9-16-21-23-15(19-20-17(23)24-16)12-22-10-4-1-5-11-22/h2-3,6-9H,1,4-5,10-12H2. The first-order valence-corrected chi connectivity index (χ1v) is 9.35. The number of rotatable bonds is 4. The quantitative estimate of drug-likeness (QED) is 0.706. The summed E-state index contributed by atoms with van der Waals surface area (Å²) in [6, 6.07) is 7.77. The van der Waals surface area contributed by atoms with E-state index in [0.29, 0.717) is 0 Å². The van der Waals surface area contributed by atoms with E-state index in [9.17, 15) is 0 Å². The van der Waals surface area contributed by atoms with Crippen LogP contribution in [0.25, 0.3) is 17.1 Å². The van der Waals surface area contributed by atoms with Crippen molar-refractivity contribution in [1.29, 1.82) is 0 Å². The van der Waals surface area contributed by atoms with Crippen molar-refractivity contribution in [2.45, 2.75) is 25.8 Å². The number of halogens is 1. The van der Waals surface area contributed by atoms with E-state index in [1.54, 1.807) is 0 Å². The van der Waals surface area contributed by atoms with Crippen LogP contribution in [0.1, 0.15) is 35.7 Å². The van der Waals surface area contributed by atoms with Crippen molar-refractivity contribution < 1.29 is 0 Å². The van der Waals surface area contributed by atoms with Gasteiger partial charge in [-0.3, -0.25) is 4.90 Å². The van der Waals surface area contributed by atoms with Crippen LogP contribution in [0.5, 0.6) is 0 Å². The Hall–Kier alpha value is -1.76. The molecule has 3 aromatic rings. The second-order valence-electron chi connectivity index (χ2n) is 5.94. The number of aromatic nitrogens is 4. The van der Waals surface area contributed by atoms with Crippen LogP contribution in [0.4, 0.5) is 0 Å². The van der Waals surface area contributed by atoms with Gasteiger partial charge in [-0.15, -0.1) is 10.2 Å². The Morgan fingerprint density at radius 3 is 2.75 bits per heavy atom. The number of nitrogens with zero attached hydrogens (tertiary/aromatic N) is 5. The fraction of sp³-hybridized carbons (Fsp3) is 0.353. The molecule has 0 radical (unpaired) electrons. The normalized spacial score (nSPS) is 16.4. The van der Waals surface area contributed by atoms with Gasteiger partial charge in [0.25, 0.3) is 0 Å². The Kier molecular flexibility index (Phi) is 4.60. The molecule has 0 atom stereocenters. The van der Waals surface area contributed by atoms with E-state index in [2.05, 4.69) is 20.2 Å². The molecule has 1 aromatic carbocycles. The minimum atomic E-state index is 0.738. The Morgan fingerprint density at radius 1 is 1.08 bits per heavy atom.